The summed E-state index contributed by atoms with van der Waals surface area (Å²) in [4.78, 5) is 15.3. The summed E-state index contributed by atoms with van der Waals surface area (Å²) in [6.45, 7) is 6.89. The number of likely N-dealkylation sites (tertiary alicyclic amines) is 1. The summed E-state index contributed by atoms with van der Waals surface area (Å²) in [6, 6.07) is 16.4. The van der Waals surface area contributed by atoms with Crippen LogP contribution >= 0.6 is 0 Å². The largest absolute Gasteiger partial charge is 0.350 e. The van der Waals surface area contributed by atoms with Gasteiger partial charge in [0.15, 0.2) is 0 Å². The lowest BCUT2D eigenvalue weighted by molar-refractivity contribution is 0.0913. The van der Waals surface area contributed by atoms with Gasteiger partial charge in [0, 0.05) is 18.7 Å². The molecule has 30 heavy (non-hydrogen) atoms. The Morgan fingerprint density at radius 1 is 1.07 bits per heavy atom. The molecule has 1 aliphatic heterocycles. The third-order valence-corrected chi connectivity index (χ3v) is 7.22. The number of sulfonamides is 1. The number of nitrogens with one attached hydrogen (secondary N) is 2. The lowest BCUT2D eigenvalue weighted by Gasteiger charge is -2.37. The highest BCUT2D eigenvalue weighted by Crippen LogP contribution is 2.26. The van der Waals surface area contributed by atoms with Crippen molar-refractivity contribution in [3.05, 3.63) is 65.7 Å². The number of hydrogen-bond donors (Lipinski definition) is 2. The zero-order valence-electron chi connectivity index (χ0n) is 17.7. The Kier molecular flexibility index (Phi) is 7.64. The van der Waals surface area contributed by atoms with Crippen molar-refractivity contribution in [3.63, 3.8) is 0 Å². The topological polar surface area (TPSA) is 78.5 Å². The van der Waals surface area contributed by atoms with Crippen LogP contribution in [0.25, 0.3) is 0 Å². The summed E-state index contributed by atoms with van der Waals surface area (Å²) in [6.07, 6.45) is 2.33. The molecule has 1 aliphatic rings. The maximum Gasteiger partial charge on any atom is 0.251 e. The lowest BCUT2D eigenvalue weighted by Crippen LogP contribution is -2.42. The Morgan fingerprint density at radius 3 is 2.30 bits per heavy atom. The molecular weight excluding hydrogens is 398 g/mol. The Hall–Kier alpha value is -2.22. The summed E-state index contributed by atoms with van der Waals surface area (Å²) in [5.74, 6) is 0.540. The summed E-state index contributed by atoms with van der Waals surface area (Å²) < 4.78 is 26.6. The molecule has 6 nitrogen and oxygen atoms in total. The Bertz CT molecular complexity index is 922. The maximum absolute atomic E-state index is 12.7. The van der Waals surface area contributed by atoms with Crippen LogP contribution in [0.3, 0.4) is 0 Å². The Morgan fingerprint density at radius 2 is 1.70 bits per heavy atom. The summed E-state index contributed by atoms with van der Waals surface area (Å²) in [5, 5.41) is 3.04. The molecule has 0 aliphatic carbocycles. The van der Waals surface area contributed by atoms with Crippen LogP contribution in [0.1, 0.15) is 48.7 Å². The van der Waals surface area contributed by atoms with E-state index in [1.165, 1.54) is 30.5 Å². The normalized spacial score (nSPS) is 16.9. The number of carbonyl (C=O) groups is 1. The van der Waals surface area contributed by atoms with E-state index in [4.69, 9.17) is 0 Å². The van der Waals surface area contributed by atoms with E-state index in [0.29, 0.717) is 18.7 Å². The van der Waals surface area contributed by atoms with Gasteiger partial charge >= 0.3 is 0 Å². The number of hydrogen-bond acceptors (Lipinski definition) is 4. The SMILES string of the molecule is CCNS(=O)(=O)c1ccc(C(=O)NCC(c2ccccc2)N2CCC(C)CC2)cc1. The van der Waals surface area contributed by atoms with Gasteiger partial charge in [0.25, 0.3) is 5.91 Å². The van der Waals surface area contributed by atoms with Crippen molar-refractivity contribution in [1.82, 2.24) is 14.9 Å². The van der Waals surface area contributed by atoms with E-state index in [2.05, 4.69) is 34.0 Å². The number of amides is 1. The molecule has 7 heteroatoms. The molecule has 0 aromatic heterocycles. The second-order valence-corrected chi connectivity index (χ2v) is 9.65. The fourth-order valence-electron chi connectivity index (χ4n) is 3.82. The second-order valence-electron chi connectivity index (χ2n) is 7.88. The third-order valence-electron chi connectivity index (χ3n) is 5.66. The highest BCUT2D eigenvalue weighted by molar-refractivity contribution is 7.89. The molecule has 1 saturated heterocycles. The quantitative estimate of drug-likeness (QED) is 0.676. The fraction of sp³-hybridized carbons (Fsp3) is 0.435. The molecule has 2 N–H and O–H groups in total. The van der Waals surface area contributed by atoms with E-state index in [0.717, 1.165) is 19.0 Å². The monoisotopic (exact) mass is 429 g/mol. The standard InChI is InChI=1S/C23H31N3O3S/c1-3-25-30(28,29)21-11-9-20(10-12-21)23(27)24-17-22(19-7-5-4-6-8-19)26-15-13-18(2)14-16-26/h4-12,18,22,25H,3,13-17H2,1-2H3,(H,24,27). The van der Waals surface area contributed by atoms with Crippen molar-refractivity contribution in [2.45, 2.75) is 37.6 Å². The van der Waals surface area contributed by atoms with Crippen molar-refractivity contribution in [2.75, 3.05) is 26.2 Å². The van der Waals surface area contributed by atoms with Gasteiger partial charge in [-0.1, -0.05) is 44.2 Å². The van der Waals surface area contributed by atoms with E-state index in [1.54, 1.807) is 19.1 Å². The molecule has 162 valence electrons. The molecule has 0 radical (unpaired) electrons. The summed E-state index contributed by atoms with van der Waals surface area (Å²) >= 11 is 0. The third kappa shape index (κ3) is 5.68. The number of benzene rings is 2. The zero-order valence-corrected chi connectivity index (χ0v) is 18.5. The molecule has 0 spiro atoms. The predicted octanol–water partition coefficient (Wildman–Crippen LogP) is 3.19. The van der Waals surface area contributed by atoms with Crippen molar-refractivity contribution >= 4 is 15.9 Å². The molecule has 1 atom stereocenters. The van der Waals surface area contributed by atoms with Gasteiger partial charge in [-0.3, -0.25) is 9.69 Å². The minimum absolute atomic E-state index is 0.121. The number of carbonyl (C=O) groups excluding carboxylic acids is 1. The predicted molar refractivity (Wildman–Crippen MR) is 119 cm³/mol. The zero-order chi connectivity index (χ0) is 21.6. The molecular formula is C23H31N3O3S. The van der Waals surface area contributed by atoms with Crippen molar-refractivity contribution in [3.8, 4) is 0 Å². The highest BCUT2D eigenvalue weighted by atomic mass is 32.2. The first-order valence-electron chi connectivity index (χ1n) is 10.6. The molecule has 0 saturated carbocycles. The van der Waals surface area contributed by atoms with Crippen LogP contribution in [-0.4, -0.2) is 45.4 Å². The molecule has 2 aromatic carbocycles. The molecule has 3 rings (SSSR count). The number of nitrogens with zero attached hydrogens (tertiary/aromatic N) is 1. The van der Waals surface area contributed by atoms with Crippen molar-refractivity contribution in [1.29, 1.82) is 0 Å². The van der Waals surface area contributed by atoms with Crippen molar-refractivity contribution < 1.29 is 13.2 Å². The van der Waals surface area contributed by atoms with E-state index < -0.39 is 10.0 Å². The van der Waals surface area contributed by atoms with Gasteiger partial charge in [-0.05, 0) is 61.7 Å². The summed E-state index contributed by atoms with van der Waals surface area (Å²) in [7, 11) is -3.52. The Labute approximate surface area is 179 Å². The van der Waals surface area contributed by atoms with Gasteiger partial charge in [-0.15, -0.1) is 0 Å². The average molecular weight is 430 g/mol. The van der Waals surface area contributed by atoms with Gasteiger partial charge in [-0.2, -0.15) is 0 Å². The van der Waals surface area contributed by atoms with Crippen LogP contribution < -0.4 is 10.0 Å². The van der Waals surface area contributed by atoms with Crippen molar-refractivity contribution in [2.24, 2.45) is 5.92 Å². The molecule has 1 fully saturated rings. The molecule has 1 amide bonds. The van der Waals surface area contributed by atoms with Crippen LogP contribution in [-0.2, 0) is 10.0 Å². The number of rotatable bonds is 8. The highest BCUT2D eigenvalue weighted by Gasteiger charge is 2.25. The van der Waals surface area contributed by atoms with E-state index in [1.807, 2.05) is 18.2 Å². The van der Waals surface area contributed by atoms with Crippen LogP contribution in [0.2, 0.25) is 0 Å². The summed E-state index contributed by atoms with van der Waals surface area (Å²) in [5.41, 5.74) is 1.64. The van der Waals surface area contributed by atoms with E-state index in [-0.39, 0.29) is 16.8 Å². The first kappa shape index (κ1) is 22.5. The molecule has 0 bridgehead atoms. The molecule has 1 heterocycles. The number of piperidine rings is 1. The maximum atomic E-state index is 12.7. The van der Waals surface area contributed by atoms with E-state index >= 15 is 0 Å². The first-order valence-corrected chi connectivity index (χ1v) is 12.1. The van der Waals surface area contributed by atoms with Gasteiger partial charge in [0.2, 0.25) is 10.0 Å². The van der Waals surface area contributed by atoms with Gasteiger partial charge in [0.1, 0.15) is 0 Å². The second kappa shape index (κ2) is 10.2. The molecule has 2 aromatic rings. The minimum atomic E-state index is -3.52. The van der Waals surface area contributed by atoms with Crippen LogP contribution in [0.4, 0.5) is 0 Å². The van der Waals surface area contributed by atoms with Gasteiger partial charge in [0.05, 0.1) is 10.9 Å². The average Bonchev–Trinajstić information content (AvgIpc) is 2.76. The van der Waals surface area contributed by atoms with Gasteiger partial charge < -0.3 is 5.32 Å². The van der Waals surface area contributed by atoms with E-state index in [9.17, 15) is 13.2 Å². The van der Waals surface area contributed by atoms with Crippen LogP contribution in [0.5, 0.6) is 0 Å². The first-order chi connectivity index (χ1) is 14.4. The van der Waals surface area contributed by atoms with Crippen LogP contribution in [0, 0.1) is 5.92 Å². The lowest BCUT2D eigenvalue weighted by atomic mass is 9.95. The smallest absolute Gasteiger partial charge is 0.251 e. The molecule has 1 unspecified atom stereocenters. The fourth-order valence-corrected chi connectivity index (χ4v) is 4.86. The minimum Gasteiger partial charge on any atom is -0.350 e. The van der Waals surface area contributed by atoms with Gasteiger partial charge in [-0.25, -0.2) is 13.1 Å². The van der Waals surface area contributed by atoms with Crippen LogP contribution in [0.15, 0.2) is 59.5 Å². The Balaban J connectivity index is 1.68.